The normalized spacial score (nSPS) is 10.8. The van der Waals surface area contributed by atoms with Gasteiger partial charge in [0.05, 0.1) is 0 Å². The third kappa shape index (κ3) is 2.38. The van der Waals surface area contributed by atoms with Crippen LogP contribution in [0.5, 0.6) is 17.2 Å². The molecule has 0 aliphatic rings. The van der Waals surface area contributed by atoms with Crippen molar-refractivity contribution in [3.63, 3.8) is 0 Å². The minimum Gasteiger partial charge on any atom is -0.507 e. The highest BCUT2D eigenvalue weighted by atomic mass is 16.3. The summed E-state index contributed by atoms with van der Waals surface area (Å²) in [4.78, 5) is 0. The van der Waals surface area contributed by atoms with Crippen molar-refractivity contribution in [3.05, 3.63) is 65.2 Å². The Balaban J connectivity index is 2.30. The lowest BCUT2D eigenvalue weighted by Gasteiger charge is -2.18. The second-order valence-corrected chi connectivity index (χ2v) is 6.01. The van der Waals surface area contributed by atoms with Crippen LogP contribution in [0.4, 0.5) is 0 Å². The molecular weight excluding hydrogens is 300 g/mol. The molecule has 3 aromatic rings. The lowest BCUT2D eigenvalue weighted by Crippen LogP contribution is -1.94. The van der Waals surface area contributed by atoms with Gasteiger partial charge in [0.1, 0.15) is 17.2 Å². The van der Waals surface area contributed by atoms with Crippen LogP contribution in [-0.2, 0) is 0 Å². The Bertz CT molecular complexity index is 883. The number of phenols is 3. The van der Waals surface area contributed by atoms with Gasteiger partial charge in [-0.2, -0.15) is 0 Å². The zero-order valence-corrected chi connectivity index (χ0v) is 14.0. The van der Waals surface area contributed by atoms with Gasteiger partial charge in [-0.15, -0.1) is 0 Å². The van der Waals surface area contributed by atoms with E-state index in [1.54, 1.807) is 26.8 Å². The third-order valence-corrected chi connectivity index (χ3v) is 4.63. The third-order valence-electron chi connectivity index (χ3n) is 4.63. The Kier molecular flexibility index (Phi) is 3.94. The first-order chi connectivity index (χ1) is 11.4. The number of para-hydroxylation sites is 1. The molecule has 0 radical (unpaired) electrons. The molecule has 0 saturated carbocycles. The van der Waals surface area contributed by atoms with Crippen LogP contribution in [0.2, 0.25) is 0 Å². The summed E-state index contributed by atoms with van der Waals surface area (Å²) in [6.45, 7) is 5.26. The fourth-order valence-electron chi connectivity index (χ4n) is 3.05. The fraction of sp³-hybridized carbons (Fsp3) is 0.143. The average molecular weight is 320 g/mol. The van der Waals surface area contributed by atoms with Crippen LogP contribution in [0.15, 0.2) is 48.5 Å². The molecule has 3 aromatic carbocycles. The lowest BCUT2D eigenvalue weighted by atomic mass is 9.90. The molecule has 0 atom stereocenters. The summed E-state index contributed by atoms with van der Waals surface area (Å²) in [6, 6.07) is 15.0. The predicted octanol–water partition coefficient (Wildman–Crippen LogP) is 5.06. The molecule has 3 heteroatoms. The van der Waals surface area contributed by atoms with Gasteiger partial charge < -0.3 is 15.3 Å². The summed E-state index contributed by atoms with van der Waals surface area (Å²) in [5.41, 5.74) is 4.35. The largest absolute Gasteiger partial charge is 0.507 e. The van der Waals surface area contributed by atoms with E-state index < -0.39 is 0 Å². The monoisotopic (exact) mass is 320 g/mol. The van der Waals surface area contributed by atoms with E-state index in [0.717, 1.165) is 5.56 Å². The molecule has 0 aliphatic heterocycles. The maximum Gasteiger partial charge on any atom is 0.131 e. The molecule has 24 heavy (non-hydrogen) atoms. The standard InChI is InChI=1S/C21H20O3/c1-12-13(2)20(23)18(14(3)19(12)22)17-11-7-10-16(21(17)24)15-8-5-4-6-9-15/h4-11,22-24H,1-3H3. The van der Waals surface area contributed by atoms with E-state index >= 15 is 0 Å². The van der Waals surface area contributed by atoms with E-state index in [1.807, 2.05) is 42.5 Å². The molecule has 0 bridgehead atoms. The van der Waals surface area contributed by atoms with Crippen molar-refractivity contribution < 1.29 is 15.3 Å². The Morgan fingerprint density at radius 3 is 1.79 bits per heavy atom. The number of benzene rings is 3. The molecule has 3 N–H and O–H groups in total. The highest BCUT2D eigenvalue weighted by Crippen LogP contribution is 2.47. The second kappa shape index (κ2) is 5.93. The predicted molar refractivity (Wildman–Crippen MR) is 96.5 cm³/mol. The maximum absolute atomic E-state index is 10.8. The van der Waals surface area contributed by atoms with Crippen molar-refractivity contribution in [1.29, 1.82) is 0 Å². The average Bonchev–Trinajstić information content (AvgIpc) is 2.60. The highest BCUT2D eigenvalue weighted by molar-refractivity contribution is 5.87. The molecule has 122 valence electrons. The van der Waals surface area contributed by atoms with E-state index in [2.05, 4.69) is 0 Å². The Labute approximate surface area is 141 Å². The van der Waals surface area contributed by atoms with Gasteiger partial charge in [-0.1, -0.05) is 48.5 Å². The van der Waals surface area contributed by atoms with Gasteiger partial charge in [-0.25, -0.2) is 0 Å². The van der Waals surface area contributed by atoms with Crippen LogP contribution in [0.1, 0.15) is 16.7 Å². The number of aromatic hydroxyl groups is 3. The molecule has 0 fully saturated rings. The first-order valence-corrected chi connectivity index (χ1v) is 7.83. The van der Waals surface area contributed by atoms with Crippen molar-refractivity contribution in [2.45, 2.75) is 20.8 Å². The Morgan fingerprint density at radius 2 is 1.12 bits per heavy atom. The number of hydrogen-bond donors (Lipinski definition) is 3. The van der Waals surface area contributed by atoms with E-state index in [9.17, 15) is 15.3 Å². The zero-order chi connectivity index (χ0) is 17.4. The number of rotatable bonds is 2. The van der Waals surface area contributed by atoms with Gasteiger partial charge in [0.25, 0.3) is 0 Å². The molecule has 0 saturated heterocycles. The zero-order valence-electron chi connectivity index (χ0n) is 14.0. The van der Waals surface area contributed by atoms with Crippen LogP contribution >= 0.6 is 0 Å². The van der Waals surface area contributed by atoms with Gasteiger partial charge in [0, 0.05) is 22.3 Å². The minimum absolute atomic E-state index is 0.0864. The lowest BCUT2D eigenvalue weighted by molar-refractivity contribution is 0.450. The van der Waals surface area contributed by atoms with Crippen molar-refractivity contribution in [2.75, 3.05) is 0 Å². The van der Waals surface area contributed by atoms with Crippen molar-refractivity contribution in [1.82, 2.24) is 0 Å². The van der Waals surface area contributed by atoms with E-state index in [0.29, 0.717) is 33.4 Å². The molecule has 0 heterocycles. The van der Waals surface area contributed by atoms with E-state index in [1.165, 1.54) is 0 Å². The number of hydrogen-bond acceptors (Lipinski definition) is 3. The van der Waals surface area contributed by atoms with Crippen LogP contribution in [0.25, 0.3) is 22.3 Å². The summed E-state index contributed by atoms with van der Waals surface area (Å²) < 4.78 is 0. The molecule has 0 amide bonds. The molecule has 3 nitrogen and oxygen atoms in total. The van der Waals surface area contributed by atoms with Crippen LogP contribution in [-0.4, -0.2) is 15.3 Å². The Morgan fingerprint density at radius 1 is 0.542 bits per heavy atom. The van der Waals surface area contributed by atoms with E-state index in [4.69, 9.17) is 0 Å². The molecule has 0 spiro atoms. The molecule has 0 aromatic heterocycles. The van der Waals surface area contributed by atoms with Crippen molar-refractivity contribution in [2.24, 2.45) is 0 Å². The molecule has 0 unspecified atom stereocenters. The Hall–Kier alpha value is -2.94. The number of phenolic OH excluding ortho intramolecular Hbond substituents is 3. The smallest absolute Gasteiger partial charge is 0.131 e. The molecule has 3 rings (SSSR count). The van der Waals surface area contributed by atoms with Gasteiger partial charge in [-0.05, 0) is 37.5 Å². The van der Waals surface area contributed by atoms with Gasteiger partial charge in [0.2, 0.25) is 0 Å². The van der Waals surface area contributed by atoms with E-state index in [-0.39, 0.29) is 17.2 Å². The second-order valence-electron chi connectivity index (χ2n) is 6.01. The van der Waals surface area contributed by atoms with Crippen LogP contribution in [0.3, 0.4) is 0 Å². The fourth-order valence-corrected chi connectivity index (χ4v) is 3.05. The van der Waals surface area contributed by atoms with Gasteiger partial charge in [0.15, 0.2) is 0 Å². The highest BCUT2D eigenvalue weighted by Gasteiger charge is 2.21. The quantitative estimate of drug-likeness (QED) is 0.578. The SMILES string of the molecule is Cc1c(C)c(O)c(-c2cccc(-c3ccccc3)c2O)c(C)c1O. The van der Waals surface area contributed by atoms with Crippen molar-refractivity contribution in [3.8, 4) is 39.5 Å². The summed E-state index contributed by atoms with van der Waals surface area (Å²) >= 11 is 0. The summed E-state index contributed by atoms with van der Waals surface area (Å²) in [7, 11) is 0. The first-order valence-electron chi connectivity index (χ1n) is 7.83. The summed E-state index contributed by atoms with van der Waals surface area (Å²) in [5, 5.41) is 31.7. The van der Waals surface area contributed by atoms with Crippen molar-refractivity contribution >= 4 is 0 Å². The molecule has 0 aliphatic carbocycles. The van der Waals surface area contributed by atoms with Crippen LogP contribution < -0.4 is 0 Å². The van der Waals surface area contributed by atoms with Gasteiger partial charge >= 0.3 is 0 Å². The first kappa shape index (κ1) is 15.9. The minimum atomic E-state index is 0.0864. The van der Waals surface area contributed by atoms with Gasteiger partial charge in [-0.3, -0.25) is 0 Å². The van der Waals surface area contributed by atoms with Crippen LogP contribution in [0, 0.1) is 20.8 Å². The summed E-state index contributed by atoms with van der Waals surface area (Å²) in [5.74, 6) is 0.317. The topological polar surface area (TPSA) is 60.7 Å². The molecular formula is C21H20O3. The summed E-state index contributed by atoms with van der Waals surface area (Å²) in [6.07, 6.45) is 0. The maximum atomic E-state index is 10.8.